The van der Waals surface area contributed by atoms with Crippen molar-refractivity contribution in [3.05, 3.63) is 48.3 Å². The number of fused-ring (bicyclic) bond motifs is 1. The molecular formula is C17H18F2N4O. The number of hydrogen-bond acceptors (Lipinski definition) is 3. The molecule has 1 amide bonds. The van der Waals surface area contributed by atoms with E-state index in [-0.39, 0.29) is 24.9 Å². The average molecular weight is 332 g/mol. The molecule has 4 rings (SSSR count). The Bertz CT molecular complexity index is 719. The van der Waals surface area contributed by atoms with Crippen molar-refractivity contribution in [3.8, 4) is 0 Å². The van der Waals surface area contributed by atoms with E-state index in [1.807, 2.05) is 30.3 Å². The van der Waals surface area contributed by atoms with Gasteiger partial charge in [0, 0.05) is 31.1 Å². The molecule has 1 aliphatic heterocycles. The van der Waals surface area contributed by atoms with Gasteiger partial charge in [0.05, 0.1) is 18.7 Å². The molecule has 2 aliphatic rings. The summed E-state index contributed by atoms with van der Waals surface area (Å²) in [7, 11) is 0. The molecule has 1 aromatic carbocycles. The largest absolute Gasteiger partial charge is 0.342 e. The molecular weight excluding hydrogens is 314 g/mol. The Morgan fingerprint density at radius 2 is 2.08 bits per heavy atom. The van der Waals surface area contributed by atoms with Gasteiger partial charge in [0.25, 0.3) is 5.92 Å². The Balaban J connectivity index is 1.50. The zero-order chi connectivity index (χ0) is 16.7. The fraction of sp³-hybridized carbons (Fsp3) is 0.471. The summed E-state index contributed by atoms with van der Waals surface area (Å²) >= 11 is 0. The fourth-order valence-electron chi connectivity index (χ4n) is 3.67. The van der Waals surface area contributed by atoms with Crippen molar-refractivity contribution in [1.82, 2.24) is 19.9 Å². The van der Waals surface area contributed by atoms with Crippen molar-refractivity contribution >= 4 is 5.91 Å². The second-order valence-electron chi connectivity index (χ2n) is 6.53. The lowest BCUT2D eigenvalue weighted by Crippen LogP contribution is -2.38. The maximum Gasteiger partial charge on any atom is 0.256 e. The van der Waals surface area contributed by atoms with Crippen LogP contribution in [0.3, 0.4) is 0 Å². The van der Waals surface area contributed by atoms with E-state index < -0.39 is 17.8 Å². The molecule has 2 aromatic rings. The Morgan fingerprint density at radius 3 is 2.75 bits per heavy atom. The highest BCUT2D eigenvalue weighted by Crippen LogP contribution is 2.59. The summed E-state index contributed by atoms with van der Waals surface area (Å²) in [5.74, 6) is -3.88. The van der Waals surface area contributed by atoms with Crippen LogP contribution in [-0.2, 0) is 4.79 Å². The summed E-state index contributed by atoms with van der Waals surface area (Å²) in [6.07, 6.45) is 3.86. The lowest BCUT2D eigenvalue weighted by atomic mass is 10.0. The van der Waals surface area contributed by atoms with Crippen molar-refractivity contribution in [2.24, 2.45) is 11.8 Å². The van der Waals surface area contributed by atoms with Gasteiger partial charge >= 0.3 is 0 Å². The molecule has 1 aliphatic carbocycles. The van der Waals surface area contributed by atoms with E-state index in [2.05, 4.69) is 10.3 Å². The Labute approximate surface area is 138 Å². The van der Waals surface area contributed by atoms with Crippen LogP contribution in [0.1, 0.15) is 24.4 Å². The van der Waals surface area contributed by atoms with Crippen LogP contribution < -0.4 is 0 Å². The SMILES string of the molecule is O=C(CC(c1ccccc1)n1ccnn1)N1CCC2C(C1)C2(F)F. The van der Waals surface area contributed by atoms with Crippen LogP contribution in [0.5, 0.6) is 0 Å². The van der Waals surface area contributed by atoms with Gasteiger partial charge in [-0.3, -0.25) is 4.79 Å². The van der Waals surface area contributed by atoms with Crippen LogP contribution in [0.4, 0.5) is 8.78 Å². The number of carbonyl (C=O) groups excluding carboxylic acids is 1. The van der Waals surface area contributed by atoms with Crippen molar-refractivity contribution in [2.45, 2.75) is 24.8 Å². The smallest absolute Gasteiger partial charge is 0.256 e. The van der Waals surface area contributed by atoms with Crippen molar-refractivity contribution < 1.29 is 13.6 Å². The molecule has 7 heteroatoms. The minimum absolute atomic E-state index is 0.111. The lowest BCUT2D eigenvalue weighted by molar-refractivity contribution is -0.133. The lowest BCUT2D eigenvalue weighted by Gasteiger charge is -2.27. The molecule has 0 radical (unpaired) electrons. The minimum atomic E-state index is -2.58. The summed E-state index contributed by atoms with van der Waals surface area (Å²) in [6.45, 7) is 0.573. The summed E-state index contributed by atoms with van der Waals surface area (Å²) in [4.78, 5) is 14.2. The molecule has 0 spiro atoms. The number of alkyl halides is 2. The number of carbonyl (C=O) groups is 1. The van der Waals surface area contributed by atoms with Crippen molar-refractivity contribution in [3.63, 3.8) is 0 Å². The number of nitrogens with zero attached hydrogens (tertiary/aromatic N) is 4. The number of rotatable bonds is 4. The molecule has 2 heterocycles. The number of likely N-dealkylation sites (tertiary alicyclic amines) is 1. The summed E-state index contributed by atoms with van der Waals surface area (Å²) < 4.78 is 28.7. The van der Waals surface area contributed by atoms with E-state index in [0.717, 1.165) is 5.56 Å². The molecule has 1 aromatic heterocycles. The van der Waals surface area contributed by atoms with Crippen molar-refractivity contribution in [1.29, 1.82) is 0 Å². The first-order chi connectivity index (χ1) is 11.6. The second kappa shape index (κ2) is 5.65. The maximum absolute atomic E-state index is 13.5. The van der Waals surface area contributed by atoms with Gasteiger partial charge in [-0.2, -0.15) is 0 Å². The fourth-order valence-corrected chi connectivity index (χ4v) is 3.67. The zero-order valence-electron chi connectivity index (χ0n) is 13.1. The molecule has 24 heavy (non-hydrogen) atoms. The van der Waals surface area contributed by atoms with E-state index in [1.165, 1.54) is 0 Å². The van der Waals surface area contributed by atoms with Crippen molar-refractivity contribution in [2.75, 3.05) is 13.1 Å². The zero-order valence-corrected chi connectivity index (χ0v) is 13.1. The number of aromatic nitrogens is 3. The van der Waals surface area contributed by atoms with Crippen LogP contribution in [-0.4, -0.2) is 44.8 Å². The molecule has 1 saturated carbocycles. The monoisotopic (exact) mass is 332 g/mol. The van der Waals surface area contributed by atoms with Gasteiger partial charge in [0.2, 0.25) is 5.91 Å². The van der Waals surface area contributed by atoms with Gasteiger partial charge in [-0.1, -0.05) is 35.5 Å². The molecule has 2 fully saturated rings. The number of benzene rings is 1. The topological polar surface area (TPSA) is 51.0 Å². The van der Waals surface area contributed by atoms with E-state index in [1.54, 1.807) is 22.0 Å². The highest BCUT2D eigenvalue weighted by Gasteiger charge is 2.69. The predicted octanol–water partition coefficient (Wildman–Crippen LogP) is 2.37. The van der Waals surface area contributed by atoms with Crippen LogP contribution in [0.2, 0.25) is 0 Å². The summed E-state index contributed by atoms with van der Waals surface area (Å²) in [5.41, 5.74) is 0.947. The molecule has 0 bridgehead atoms. The summed E-state index contributed by atoms with van der Waals surface area (Å²) in [5, 5.41) is 7.83. The Kier molecular flexibility index (Phi) is 3.58. The Morgan fingerprint density at radius 1 is 1.29 bits per heavy atom. The van der Waals surface area contributed by atoms with E-state index in [0.29, 0.717) is 13.0 Å². The molecule has 5 nitrogen and oxygen atoms in total. The van der Waals surface area contributed by atoms with Gasteiger partial charge in [-0.05, 0) is 12.0 Å². The first-order valence-electron chi connectivity index (χ1n) is 8.13. The highest BCUT2D eigenvalue weighted by atomic mass is 19.3. The average Bonchev–Trinajstić information content (AvgIpc) is 2.97. The molecule has 126 valence electrons. The van der Waals surface area contributed by atoms with Gasteiger partial charge in [-0.25, -0.2) is 13.5 Å². The summed E-state index contributed by atoms with van der Waals surface area (Å²) in [6, 6.07) is 9.30. The molecule has 1 saturated heterocycles. The number of hydrogen-bond donors (Lipinski definition) is 0. The van der Waals surface area contributed by atoms with Crippen LogP contribution >= 0.6 is 0 Å². The normalized spacial score (nSPS) is 25.8. The molecule has 3 atom stereocenters. The van der Waals surface area contributed by atoms with E-state index in [9.17, 15) is 13.6 Å². The van der Waals surface area contributed by atoms with Crippen LogP contribution in [0, 0.1) is 11.8 Å². The number of piperidine rings is 1. The number of halogens is 2. The predicted molar refractivity (Wildman–Crippen MR) is 82.3 cm³/mol. The van der Waals surface area contributed by atoms with Gasteiger partial charge in [-0.15, -0.1) is 5.10 Å². The second-order valence-corrected chi connectivity index (χ2v) is 6.53. The third-order valence-corrected chi connectivity index (χ3v) is 5.16. The van der Waals surface area contributed by atoms with Gasteiger partial charge in [0.15, 0.2) is 0 Å². The van der Waals surface area contributed by atoms with Crippen LogP contribution in [0.15, 0.2) is 42.7 Å². The quantitative estimate of drug-likeness (QED) is 0.864. The Hall–Kier alpha value is -2.31. The van der Waals surface area contributed by atoms with Crippen LogP contribution in [0.25, 0.3) is 0 Å². The highest BCUT2D eigenvalue weighted by molar-refractivity contribution is 5.77. The third-order valence-electron chi connectivity index (χ3n) is 5.16. The maximum atomic E-state index is 13.5. The molecule has 0 N–H and O–H groups in total. The molecule has 3 unspecified atom stereocenters. The first kappa shape index (κ1) is 15.2. The minimum Gasteiger partial charge on any atom is -0.342 e. The van der Waals surface area contributed by atoms with E-state index >= 15 is 0 Å². The van der Waals surface area contributed by atoms with Gasteiger partial charge in [0.1, 0.15) is 0 Å². The van der Waals surface area contributed by atoms with E-state index in [4.69, 9.17) is 0 Å². The third kappa shape index (κ3) is 2.57. The standard InChI is InChI=1S/C17H18F2N4O/c18-17(19)13-6-8-22(11-14(13)17)16(24)10-15(23-9-7-20-21-23)12-4-2-1-3-5-12/h1-5,7,9,13-15H,6,8,10-11H2. The van der Waals surface area contributed by atoms with Gasteiger partial charge < -0.3 is 4.90 Å². The number of amides is 1. The first-order valence-corrected chi connectivity index (χ1v) is 8.13.